The van der Waals surface area contributed by atoms with Crippen LogP contribution in [0, 0.1) is 0 Å². The first-order valence-corrected chi connectivity index (χ1v) is 7.08. The van der Waals surface area contributed by atoms with Gasteiger partial charge in [0.1, 0.15) is 0 Å². The molecule has 3 rings (SSSR count). The third-order valence-corrected chi connectivity index (χ3v) is 3.36. The molecule has 0 saturated heterocycles. The van der Waals surface area contributed by atoms with Gasteiger partial charge < -0.3 is 5.32 Å². The number of nitrogens with zero attached hydrogens (tertiary/aromatic N) is 3. The molecule has 0 fully saturated rings. The summed E-state index contributed by atoms with van der Waals surface area (Å²) in [6.07, 6.45) is 3.25. The Kier molecular flexibility index (Phi) is 4.25. The largest absolute Gasteiger partial charge is 0.343 e. The van der Waals surface area contributed by atoms with Crippen LogP contribution in [-0.2, 0) is 6.54 Å². The topological polar surface area (TPSA) is 59.8 Å². The van der Waals surface area contributed by atoms with Crippen LogP contribution >= 0.6 is 0 Å². The van der Waals surface area contributed by atoms with Gasteiger partial charge in [-0.2, -0.15) is 15.0 Å². The molecular weight excluding hydrogens is 276 g/mol. The fourth-order valence-electron chi connectivity index (χ4n) is 2.25. The Balaban J connectivity index is 1.81. The molecule has 110 valence electrons. The van der Waals surface area contributed by atoms with Crippen LogP contribution in [0.1, 0.15) is 22.0 Å². The first-order valence-electron chi connectivity index (χ1n) is 7.08. The lowest BCUT2D eigenvalue weighted by Crippen LogP contribution is -2.32. The van der Waals surface area contributed by atoms with E-state index in [1.807, 2.05) is 48.5 Å². The van der Waals surface area contributed by atoms with E-state index in [9.17, 15) is 4.79 Å². The molecule has 22 heavy (non-hydrogen) atoms. The van der Waals surface area contributed by atoms with Gasteiger partial charge in [0.15, 0.2) is 0 Å². The lowest BCUT2D eigenvalue weighted by Gasteiger charge is -2.18. The summed E-state index contributed by atoms with van der Waals surface area (Å²) in [6.45, 7) is 0.482. The molecule has 1 atom stereocenters. The molecule has 2 aromatic carbocycles. The van der Waals surface area contributed by atoms with E-state index in [4.69, 9.17) is 0 Å². The van der Waals surface area contributed by atoms with Crippen molar-refractivity contribution in [2.75, 3.05) is 0 Å². The minimum absolute atomic E-state index is 0.110. The highest BCUT2D eigenvalue weighted by atomic mass is 16.1. The molecule has 0 aliphatic carbocycles. The van der Waals surface area contributed by atoms with Crippen molar-refractivity contribution in [1.29, 1.82) is 0 Å². The van der Waals surface area contributed by atoms with Gasteiger partial charge in [-0.05, 0) is 17.7 Å². The summed E-state index contributed by atoms with van der Waals surface area (Å²) in [5.74, 6) is -0.110. The summed E-state index contributed by atoms with van der Waals surface area (Å²) in [5, 5.41) is 11.3. The summed E-state index contributed by atoms with van der Waals surface area (Å²) >= 11 is 0. The summed E-state index contributed by atoms with van der Waals surface area (Å²) in [5.41, 5.74) is 1.65. The predicted octanol–water partition coefficient (Wildman–Crippen LogP) is 2.45. The fraction of sp³-hybridized carbons (Fsp3) is 0.118. The average molecular weight is 292 g/mol. The number of nitrogens with one attached hydrogen (secondary N) is 1. The second kappa shape index (κ2) is 6.67. The third-order valence-electron chi connectivity index (χ3n) is 3.36. The Labute approximate surface area is 128 Å². The second-order valence-electron chi connectivity index (χ2n) is 4.89. The van der Waals surface area contributed by atoms with Crippen molar-refractivity contribution in [3.05, 3.63) is 84.2 Å². The molecule has 5 nitrogen and oxygen atoms in total. The van der Waals surface area contributed by atoms with Crippen LogP contribution in [0.5, 0.6) is 0 Å². The molecule has 1 heterocycles. The number of rotatable bonds is 5. The van der Waals surface area contributed by atoms with Crippen molar-refractivity contribution in [3.63, 3.8) is 0 Å². The third kappa shape index (κ3) is 3.38. The van der Waals surface area contributed by atoms with Gasteiger partial charge in [0, 0.05) is 5.56 Å². The first kappa shape index (κ1) is 14.0. The van der Waals surface area contributed by atoms with Gasteiger partial charge in [0.05, 0.1) is 25.0 Å². The quantitative estimate of drug-likeness (QED) is 0.785. The zero-order valence-corrected chi connectivity index (χ0v) is 12.0. The minimum Gasteiger partial charge on any atom is -0.343 e. The lowest BCUT2D eigenvalue weighted by molar-refractivity contribution is 0.0931. The molecule has 0 aliphatic heterocycles. The fourth-order valence-corrected chi connectivity index (χ4v) is 2.25. The van der Waals surface area contributed by atoms with Gasteiger partial charge in [-0.15, -0.1) is 0 Å². The average Bonchev–Trinajstić information content (AvgIpc) is 3.09. The summed E-state index contributed by atoms with van der Waals surface area (Å²) < 4.78 is 0. The second-order valence-corrected chi connectivity index (χ2v) is 4.89. The Morgan fingerprint density at radius 2 is 1.55 bits per heavy atom. The Bertz CT molecular complexity index is 711. The highest BCUT2D eigenvalue weighted by Gasteiger charge is 2.16. The molecular formula is C17H16N4O. The molecule has 0 bridgehead atoms. The molecule has 1 aromatic heterocycles. The Hall–Kier alpha value is -2.95. The van der Waals surface area contributed by atoms with Crippen LogP contribution in [0.25, 0.3) is 0 Å². The lowest BCUT2D eigenvalue weighted by atomic mass is 10.1. The van der Waals surface area contributed by atoms with E-state index in [1.54, 1.807) is 29.3 Å². The Morgan fingerprint density at radius 3 is 2.18 bits per heavy atom. The van der Waals surface area contributed by atoms with E-state index in [0.717, 1.165) is 5.56 Å². The van der Waals surface area contributed by atoms with Gasteiger partial charge in [0.25, 0.3) is 5.91 Å². The molecule has 0 aliphatic rings. The van der Waals surface area contributed by atoms with E-state index in [-0.39, 0.29) is 11.9 Å². The van der Waals surface area contributed by atoms with E-state index in [0.29, 0.717) is 12.1 Å². The summed E-state index contributed by atoms with van der Waals surface area (Å²) in [6, 6.07) is 18.8. The maximum absolute atomic E-state index is 12.4. The van der Waals surface area contributed by atoms with Crippen molar-refractivity contribution >= 4 is 5.91 Å². The first-order chi connectivity index (χ1) is 10.8. The number of amides is 1. The monoisotopic (exact) mass is 292 g/mol. The maximum Gasteiger partial charge on any atom is 0.251 e. The number of aromatic nitrogens is 3. The van der Waals surface area contributed by atoms with E-state index in [1.165, 1.54) is 0 Å². The van der Waals surface area contributed by atoms with Crippen LogP contribution in [-0.4, -0.2) is 20.9 Å². The Morgan fingerprint density at radius 1 is 0.955 bits per heavy atom. The van der Waals surface area contributed by atoms with Gasteiger partial charge >= 0.3 is 0 Å². The molecule has 0 radical (unpaired) electrons. The normalized spacial score (nSPS) is 11.8. The standard InChI is InChI=1S/C17H16N4O/c22-17(15-9-5-2-6-10-15)20-16(13-21-18-11-12-19-21)14-7-3-1-4-8-14/h1-12,16H,13H2,(H,20,22)/t16-/m0/s1. The number of benzene rings is 2. The highest BCUT2D eigenvalue weighted by molar-refractivity contribution is 5.94. The summed E-state index contributed by atoms with van der Waals surface area (Å²) in [7, 11) is 0. The van der Waals surface area contributed by atoms with Gasteiger partial charge in [-0.3, -0.25) is 4.79 Å². The summed E-state index contributed by atoms with van der Waals surface area (Å²) in [4.78, 5) is 14.0. The van der Waals surface area contributed by atoms with Crippen LogP contribution in [0.2, 0.25) is 0 Å². The van der Waals surface area contributed by atoms with Crippen LogP contribution < -0.4 is 5.32 Å². The van der Waals surface area contributed by atoms with Gasteiger partial charge in [-0.1, -0.05) is 48.5 Å². The minimum atomic E-state index is -0.193. The number of carbonyl (C=O) groups is 1. The zero-order valence-electron chi connectivity index (χ0n) is 12.0. The van der Waals surface area contributed by atoms with E-state index < -0.39 is 0 Å². The van der Waals surface area contributed by atoms with Crippen LogP contribution in [0.3, 0.4) is 0 Å². The number of hydrogen-bond donors (Lipinski definition) is 1. The molecule has 0 unspecified atom stereocenters. The maximum atomic E-state index is 12.4. The van der Waals surface area contributed by atoms with E-state index >= 15 is 0 Å². The van der Waals surface area contributed by atoms with Crippen LogP contribution in [0.4, 0.5) is 0 Å². The highest BCUT2D eigenvalue weighted by Crippen LogP contribution is 2.15. The van der Waals surface area contributed by atoms with Crippen molar-refractivity contribution < 1.29 is 4.79 Å². The van der Waals surface area contributed by atoms with Crippen molar-refractivity contribution in [2.24, 2.45) is 0 Å². The molecule has 0 saturated carbocycles. The molecule has 0 spiro atoms. The number of hydrogen-bond acceptors (Lipinski definition) is 3. The zero-order chi connectivity index (χ0) is 15.2. The van der Waals surface area contributed by atoms with E-state index in [2.05, 4.69) is 15.5 Å². The predicted molar refractivity (Wildman–Crippen MR) is 83.1 cm³/mol. The molecule has 5 heteroatoms. The van der Waals surface area contributed by atoms with Crippen molar-refractivity contribution in [2.45, 2.75) is 12.6 Å². The smallest absolute Gasteiger partial charge is 0.251 e. The number of carbonyl (C=O) groups excluding carboxylic acids is 1. The van der Waals surface area contributed by atoms with Crippen molar-refractivity contribution in [1.82, 2.24) is 20.3 Å². The van der Waals surface area contributed by atoms with Gasteiger partial charge in [-0.25, -0.2) is 0 Å². The molecule has 3 aromatic rings. The SMILES string of the molecule is O=C(N[C@@H](Cn1nccn1)c1ccccc1)c1ccccc1. The van der Waals surface area contributed by atoms with Gasteiger partial charge in [0.2, 0.25) is 0 Å². The van der Waals surface area contributed by atoms with Crippen molar-refractivity contribution in [3.8, 4) is 0 Å². The van der Waals surface area contributed by atoms with Crippen LogP contribution in [0.15, 0.2) is 73.1 Å². The molecule has 1 N–H and O–H groups in total. The molecule has 1 amide bonds.